The van der Waals surface area contributed by atoms with Crippen LogP contribution >= 0.6 is 11.8 Å². The molecule has 0 radical (unpaired) electrons. The van der Waals surface area contributed by atoms with Crippen LogP contribution < -0.4 is 5.32 Å². The van der Waals surface area contributed by atoms with Gasteiger partial charge in [0.1, 0.15) is 6.04 Å². The molecule has 1 saturated carbocycles. The lowest BCUT2D eigenvalue weighted by Gasteiger charge is -2.17. The lowest BCUT2D eigenvalue weighted by molar-refractivity contribution is -0.145. The Morgan fingerprint density at radius 2 is 2.12 bits per heavy atom. The molecule has 100 valence electrons. The molecule has 0 heterocycles. The molecule has 17 heavy (non-hydrogen) atoms. The fourth-order valence-electron chi connectivity index (χ4n) is 1.47. The summed E-state index contributed by atoms with van der Waals surface area (Å²) in [6.07, 6.45) is 3.60. The first kappa shape index (κ1) is 14.8. The first-order valence-corrected chi connectivity index (χ1v) is 7.83. The third-order valence-electron chi connectivity index (χ3n) is 2.97. The number of thioether (sulfide) groups is 1. The second kappa shape index (κ2) is 7.98. The maximum atomic E-state index is 11.8. The first-order chi connectivity index (χ1) is 8.17. The molecule has 2 atom stereocenters. The molecule has 1 rings (SSSR count). The van der Waals surface area contributed by atoms with Gasteiger partial charge in [0.25, 0.3) is 0 Å². The lowest BCUT2D eigenvalue weighted by Crippen LogP contribution is -2.41. The molecule has 0 spiro atoms. The van der Waals surface area contributed by atoms with Crippen molar-refractivity contribution in [1.29, 1.82) is 0 Å². The van der Waals surface area contributed by atoms with Crippen molar-refractivity contribution >= 4 is 17.7 Å². The first-order valence-electron chi connectivity index (χ1n) is 6.67. The predicted molar refractivity (Wildman–Crippen MR) is 73.4 cm³/mol. The van der Waals surface area contributed by atoms with E-state index in [9.17, 15) is 4.79 Å². The van der Waals surface area contributed by atoms with Crippen molar-refractivity contribution in [2.75, 3.05) is 18.1 Å². The topological polar surface area (TPSA) is 38.3 Å². The van der Waals surface area contributed by atoms with Crippen LogP contribution in [0.3, 0.4) is 0 Å². The molecular formula is C13H25NO2S. The molecule has 3 nitrogen and oxygen atoms in total. The Labute approximate surface area is 109 Å². The van der Waals surface area contributed by atoms with Crippen molar-refractivity contribution in [3.8, 4) is 0 Å². The van der Waals surface area contributed by atoms with Gasteiger partial charge in [-0.25, -0.2) is 0 Å². The van der Waals surface area contributed by atoms with E-state index in [1.807, 2.05) is 18.7 Å². The van der Waals surface area contributed by atoms with E-state index in [4.69, 9.17) is 4.74 Å². The maximum absolute atomic E-state index is 11.8. The van der Waals surface area contributed by atoms with Gasteiger partial charge in [0.05, 0.1) is 6.61 Å². The summed E-state index contributed by atoms with van der Waals surface area (Å²) in [6.45, 7) is 6.79. The molecule has 0 aliphatic heterocycles. The fourth-order valence-corrected chi connectivity index (χ4v) is 2.71. The van der Waals surface area contributed by atoms with Gasteiger partial charge in [0.15, 0.2) is 0 Å². The highest BCUT2D eigenvalue weighted by Crippen LogP contribution is 2.21. The number of carbonyl (C=O) groups excluding carboxylic acids is 1. The van der Waals surface area contributed by atoms with E-state index in [1.165, 1.54) is 19.3 Å². The van der Waals surface area contributed by atoms with Gasteiger partial charge in [-0.2, -0.15) is 11.8 Å². The molecule has 1 aliphatic carbocycles. The summed E-state index contributed by atoms with van der Waals surface area (Å²) in [7, 11) is 0. The fraction of sp³-hybridized carbons (Fsp3) is 0.923. The largest absolute Gasteiger partial charge is 0.465 e. The van der Waals surface area contributed by atoms with Crippen molar-refractivity contribution < 1.29 is 9.53 Å². The number of esters is 1. The minimum Gasteiger partial charge on any atom is -0.465 e. The molecule has 1 N–H and O–H groups in total. The zero-order valence-electron chi connectivity index (χ0n) is 11.2. The van der Waals surface area contributed by atoms with E-state index in [-0.39, 0.29) is 12.0 Å². The van der Waals surface area contributed by atoms with Gasteiger partial charge >= 0.3 is 5.97 Å². The van der Waals surface area contributed by atoms with Crippen LogP contribution in [0.1, 0.15) is 40.0 Å². The van der Waals surface area contributed by atoms with E-state index in [0.717, 1.165) is 17.4 Å². The third kappa shape index (κ3) is 6.32. The SMILES string of the molecule is CCOC(=O)C(CSCC(C)CC)NC1CC1. The normalized spacial score (nSPS) is 18.8. The van der Waals surface area contributed by atoms with E-state index in [0.29, 0.717) is 12.6 Å². The van der Waals surface area contributed by atoms with Crippen LogP contribution in [0.5, 0.6) is 0 Å². The van der Waals surface area contributed by atoms with Gasteiger partial charge in [-0.3, -0.25) is 4.79 Å². The predicted octanol–water partition coefficient (Wildman–Crippen LogP) is 2.45. The van der Waals surface area contributed by atoms with Crippen LogP contribution in [0.2, 0.25) is 0 Å². The van der Waals surface area contributed by atoms with Crippen LogP contribution in [-0.4, -0.2) is 36.2 Å². The van der Waals surface area contributed by atoms with E-state index >= 15 is 0 Å². The van der Waals surface area contributed by atoms with E-state index in [2.05, 4.69) is 19.2 Å². The summed E-state index contributed by atoms with van der Waals surface area (Å²) in [5, 5.41) is 3.37. The Bertz CT molecular complexity index is 231. The molecule has 2 unspecified atom stereocenters. The van der Waals surface area contributed by atoms with E-state index in [1.54, 1.807) is 0 Å². The van der Waals surface area contributed by atoms with Gasteiger partial charge in [0.2, 0.25) is 0 Å². The highest BCUT2D eigenvalue weighted by Gasteiger charge is 2.29. The number of nitrogens with one attached hydrogen (secondary N) is 1. The smallest absolute Gasteiger partial charge is 0.323 e. The van der Waals surface area contributed by atoms with Crippen molar-refractivity contribution in [3.05, 3.63) is 0 Å². The van der Waals surface area contributed by atoms with Crippen LogP contribution in [0, 0.1) is 5.92 Å². The third-order valence-corrected chi connectivity index (χ3v) is 4.34. The number of hydrogen-bond acceptors (Lipinski definition) is 4. The lowest BCUT2D eigenvalue weighted by atomic mass is 10.2. The van der Waals surface area contributed by atoms with Gasteiger partial charge < -0.3 is 10.1 Å². The summed E-state index contributed by atoms with van der Waals surface area (Å²) in [6, 6.07) is 0.435. The van der Waals surface area contributed by atoms with Crippen LogP contribution in [-0.2, 0) is 9.53 Å². The molecule has 1 aliphatic rings. The van der Waals surface area contributed by atoms with Crippen molar-refractivity contribution in [1.82, 2.24) is 5.32 Å². The van der Waals surface area contributed by atoms with Gasteiger partial charge in [-0.05, 0) is 31.4 Å². The zero-order valence-corrected chi connectivity index (χ0v) is 12.0. The van der Waals surface area contributed by atoms with Gasteiger partial charge in [-0.1, -0.05) is 20.3 Å². The maximum Gasteiger partial charge on any atom is 0.323 e. The highest BCUT2D eigenvalue weighted by atomic mass is 32.2. The van der Waals surface area contributed by atoms with Crippen molar-refractivity contribution in [2.24, 2.45) is 5.92 Å². The van der Waals surface area contributed by atoms with Gasteiger partial charge in [-0.15, -0.1) is 0 Å². The summed E-state index contributed by atoms with van der Waals surface area (Å²) in [5.41, 5.74) is 0. The number of ether oxygens (including phenoxy) is 1. The van der Waals surface area contributed by atoms with Gasteiger partial charge in [0, 0.05) is 11.8 Å². The molecule has 0 bridgehead atoms. The molecule has 1 fully saturated rings. The Balaban J connectivity index is 2.26. The van der Waals surface area contributed by atoms with E-state index < -0.39 is 0 Å². The molecular weight excluding hydrogens is 234 g/mol. The quantitative estimate of drug-likeness (QED) is 0.646. The summed E-state index contributed by atoms with van der Waals surface area (Å²) in [5.74, 6) is 2.60. The molecule has 0 saturated heterocycles. The Hall–Kier alpha value is -0.220. The number of carbonyl (C=O) groups is 1. The molecule has 4 heteroatoms. The number of hydrogen-bond donors (Lipinski definition) is 1. The molecule has 0 aromatic carbocycles. The van der Waals surface area contributed by atoms with Crippen molar-refractivity contribution in [3.63, 3.8) is 0 Å². The second-order valence-corrected chi connectivity index (χ2v) is 5.87. The summed E-state index contributed by atoms with van der Waals surface area (Å²) in [4.78, 5) is 11.8. The Kier molecular flexibility index (Phi) is 6.97. The minimum atomic E-state index is -0.114. The second-order valence-electron chi connectivity index (χ2n) is 4.80. The van der Waals surface area contributed by atoms with Crippen LogP contribution in [0.4, 0.5) is 0 Å². The highest BCUT2D eigenvalue weighted by molar-refractivity contribution is 7.99. The standard InChI is InChI=1S/C13H25NO2S/c1-4-10(3)8-17-9-12(13(15)16-5-2)14-11-6-7-11/h10-12,14H,4-9H2,1-3H3. The molecule has 0 aromatic rings. The van der Waals surface area contributed by atoms with Crippen molar-refractivity contribution in [2.45, 2.75) is 52.1 Å². The Morgan fingerprint density at radius 1 is 1.41 bits per heavy atom. The van der Waals surface area contributed by atoms with Crippen LogP contribution in [0.25, 0.3) is 0 Å². The zero-order chi connectivity index (χ0) is 12.7. The number of rotatable bonds is 9. The minimum absolute atomic E-state index is 0.0870. The summed E-state index contributed by atoms with van der Waals surface area (Å²) >= 11 is 1.85. The summed E-state index contributed by atoms with van der Waals surface area (Å²) < 4.78 is 5.10. The average Bonchev–Trinajstić information content (AvgIpc) is 3.11. The Morgan fingerprint density at radius 3 is 2.65 bits per heavy atom. The monoisotopic (exact) mass is 259 g/mol. The molecule has 0 amide bonds. The molecule has 0 aromatic heterocycles. The average molecular weight is 259 g/mol. The van der Waals surface area contributed by atoms with Crippen LogP contribution in [0.15, 0.2) is 0 Å².